The van der Waals surface area contributed by atoms with E-state index >= 15 is 0 Å². The van der Waals surface area contributed by atoms with Crippen molar-refractivity contribution in [3.63, 3.8) is 0 Å². The van der Waals surface area contributed by atoms with Crippen molar-refractivity contribution in [1.82, 2.24) is 16.0 Å². The smallest absolute Gasteiger partial charge is 0.328 e. The SMILES string of the molecule is CC(C)CC(NC(=O)C(CO)NC(=O)C(N)C(C)O)C(=O)NC(C(=O)O)C(C)O. The number of nitrogens with one attached hydrogen (secondary N) is 3. The minimum atomic E-state index is -1.58. The molecule has 6 unspecified atom stereocenters. The number of aliphatic carboxylic acids is 1. The monoisotopic (exact) mass is 420 g/mol. The highest BCUT2D eigenvalue weighted by Crippen LogP contribution is 2.07. The van der Waals surface area contributed by atoms with Crippen LogP contribution in [0.5, 0.6) is 0 Å². The quantitative estimate of drug-likeness (QED) is 0.158. The number of hydrogen-bond acceptors (Lipinski definition) is 8. The molecule has 0 aromatic rings. The van der Waals surface area contributed by atoms with Crippen LogP contribution in [0, 0.1) is 5.92 Å². The molecule has 0 aromatic carbocycles. The average Bonchev–Trinajstić information content (AvgIpc) is 2.61. The van der Waals surface area contributed by atoms with Crippen molar-refractivity contribution in [2.45, 2.75) is 70.5 Å². The molecule has 0 aliphatic rings. The maximum Gasteiger partial charge on any atom is 0.328 e. The van der Waals surface area contributed by atoms with Crippen LogP contribution in [0.1, 0.15) is 34.1 Å². The molecule has 0 bridgehead atoms. The van der Waals surface area contributed by atoms with Gasteiger partial charge in [-0.15, -0.1) is 0 Å². The molecule has 0 saturated heterocycles. The molecule has 0 rings (SSSR count). The Bertz CT molecular complexity index is 582. The van der Waals surface area contributed by atoms with E-state index in [9.17, 15) is 34.5 Å². The number of nitrogens with two attached hydrogens (primary N) is 1. The van der Waals surface area contributed by atoms with Gasteiger partial charge in [0.05, 0.1) is 18.8 Å². The second-order valence-corrected chi connectivity index (χ2v) is 7.27. The van der Waals surface area contributed by atoms with Gasteiger partial charge in [0.1, 0.15) is 18.1 Å². The van der Waals surface area contributed by atoms with Gasteiger partial charge < -0.3 is 42.1 Å². The van der Waals surface area contributed by atoms with Gasteiger partial charge in [0.15, 0.2) is 6.04 Å². The van der Waals surface area contributed by atoms with Gasteiger partial charge in [-0.3, -0.25) is 14.4 Å². The predicted molar refractivity (Wildman–Crippen MR) is 101 cm³/mol. The van der Waals surface area contributed by atoms with Crippen molar-refractivity contribution in [2.24, 2.45) is 11.7 Å². The van der Waals surface area contributed by atoms with Gasteiger partial charge in [0, 0.05) is 0 Å². The first-order chi connectivity index (χ1) is 13.3. The molecule has 0 aliphatic carbocycles. The highest BCUT2D eigenvalue weighted by molar-refractivity contribution is 5.94. The van der Waals surface area contributed by atoms with Crippen LogP contribution in [-0.4, -0.2) is 87.1 Å². The number of aliphatic hydroxyl groups excluding tert-OH is 3. The lowest BCUT2D eigenvalue weighted by atomic mass is 10.0. The van der Waals surface area contributed by atoms with Gasteiger partial charge in [0.25, 0.3) is 0 Å². The fourth-order valence-corrected chi connectivity index (χ4v) is 2.30. The second kappa shape index (κ2) is 12.3. The lowest BCUT2D eigenvalue weighted by Gasteiger charge is -2.26. The Morgan fingerprint density at radius 1 is 0.828 bits per heavy atom. The summed E-state index contributed by atoms with van der Waals surface area (Å²) in [5, 5.41) is 44.0. The summed E-state index contributed by atoms with van der Waals surface area (Å²) >= 11 is 0. The second-order valence-electron chi connectivity index (χ2n) is 7.27. The third-order valence-corrected chi connectivity index (χ3v) is 4.02. The van der Waals surface area contributed by atoms with E-state index in [0.717, 1.165) is 0 Å². The standard InChI is InChI=1S/C17H32N4O8/c1-7(2)5-10(14(25)21-13(9(4)24)17(28)29)19-15(26)11(6-22)20-16(27)12(18)8(3)23/h7-13,22-24H,5-6,18H2,1-4H3,(H,19,26)(H,20,27)(H,21,25)(H,28,29). The van der Waals surface area contributed by atoms with Crippen molar-refractivity contribution in [2.75, 3.05) is 6.61 Å². The van der Waals surface area contributed by atoms with Crippen molar-refractivity contribution in [1.29, 1.82) is 0 Å². The summed E-state index contributed by atoms with van der Waals surface area (Å²) in [5.74, 6) is -4.14. The largest absolute Gasteiger partial charge is 0.480 e. The zero-order valence-electron chi connectivity index (χ0n) is 17.0. The molecule has 29 heavy (non-hydrogen) atoms. The fraction of sp³-hybridized carbons (Fsp3) is 0.765. The number of aliphatic hydroxyl groups is 3. The Hall–Kier alpha value is -2.28. The number of carbonyl (C=O) groups is 4. The van der Waals surface area contributed by atoms with Crippen LogP contribution in [0.25, 0.3) is 0 Å². The Kier molecular flexibility index (Phi) is 11.3. The van der Waals surface area contributed by atoms with Gasteiger partial charge in [0.2, 0.25) is 17.7 Å². The lowest BCUT2D eigenvalue weighted by molar-refractivity contribution is -0.145. The number of rotatable bonds is 12. The molecule has 0 aromatic heterocycles. The minimum Gasteiger partial charge on any atom is -0.480 e. The molecule has 0 spiro atoms. The molecule has 6 atom stereocenters. The van der Waals surface area contributed by atoms with Crippen LogP contribution in [0.3, 0.4) is 0 Å². The topological polar surface area (TPSA) is 211 Å². The zero-order chi connectivity index (χ0) is 22.9. The minimum absolute atomic E-state index is 0.0771. The number of carboxylic acid groups (broad SMARTS) is 1. The van der Waals surface area contributed by atoms with Gasteiger partial charge in [-0.05, 0) is 26.2 Å². The van der Waals surface area contributed by atoms with Crippen LogP contribution < -0.4 is 21.7 Å². The van der Waals surface area contributed by atoms with Gasteiger partial charge in [-0.2, -0.15) is 0 Å². The van der Waals surface area contributed by atoms with E-state index in [2.05, 4.69) is 16.0 Å². The van der Waals surface area contributed by atoms with Gasteiger partial charge in [-0.25, -0.2) is 4.79 Å². The third-order valence-electron chi connectivity index (χ3n) is 4.02. The molecular formula is C17H32N4O8. The first kappa shape index (κ1) is 26.7. The highest BCUT2D eigenvalue weighted by atomic mass is 16.4. The summed E-state index contributed by atoms with van der Waals surface area (Å²) in [4.78, 5) is 47.9. The van der Waals surface area contributed by atoms with Crippen molar-refractivity contribution in [3.8, 4) is 0 Å². The van der Waals surface area contributed by atoms with E-state index in [4.69, 9.17) is 10.8 Å². The van der Waals surface area contributed by atoms with E-state index < -0.39 is 66.7 Å². The van der Waals surface area contributed by atoms with Crippen LogP contribution >= 0.6 is 0 Å². The Labute approximate surface area is 168 Å². The average molecular weight is 420 g/mol. The summed E-state index contributed by atoms with van der Waals surface area (Å²) in [6.07, 6.45) is -2.44. The molecule has 0 aliphatic heterocycles. The molecule has 0 saturated carbocycles. The molecule has 0 fully saturated rings. The van der Waals surface area contributed by atoms with E-state index in [1.807, 2.05) is 0 Å². The van der Waals surface area contributed by atoms with Crippen LogP contribution in [0.4, 0.5) is 0 Å². The molecule has 168 valence electrons. The van der Waals surface area contributed by atoms with Crippen molar-refractivity contribution in [3.05, 3.63) is 0 Å². The maximum atomic E-state index is 12.5. The molecule has 0 heterocycles. The normalized spacial score (nSPS) is 17.4. The summed E-state index contributed by atoms with van der Waals surface area (Å²) in [5.41, 5.74) is 5.47. The molecule has 0 radical (unpaired) electrons. The van der Waals surface area contributed by atoms with E-state index in [1.165, 1.54) is 13.8 Å². The summed E-state index contributed by atoms with van der Waals surface area (Å²) in [6.45, 7) is 5.21. The number of carboxylic acids is 1. The van der Waals surface area contributed by atoms with Gasteiger partial charge in [-0.1, -0.05) is 13.8 Å². The van der Waals surface area contributed by atoms with E-state index in [0.29, 0.717) is 0 Å². The molecule has 12 heteroatoms. The summed E-state index contributed by atoms with van der Waals surface area (Å²) < 4.78 is 0. The summed E-state index contributed by atoms with van der Waals surface area (Å²) in [6, 6.07) is -5.53. The Balaban J connectivity index is 5.28. The van der Waals surface area contributed by atoms with Gasteiger partial charge >= 0.3 is 5.97 Å². The number of hydrogen-bond donors (Lipinski definition) is 8. The predicted octanol–water partition coefficient (Wildman–Crippen LogP) is -3.35. The fourth-order valence-electron chi connectivity index (χ4n) is 2.30. The molecular weight excluding hydrogens is 388 g/mol. The maximum absolute atomic E-state index is 12.5. The number of amides is 3. The first-order valence-corrected chi connectivity index (χ1v) is 9.18. The molecule has 3 amide bonds. The third kappa shape index (κ3) is 9.17. The lowest BCUT2D eigenvalue weighted by Crippen LogP contribution is -2.59. The van der Waals surface area contributed by atoms with E-state index in [-0.39, 0.29) is 12.3 Å². The van der Waals surface area contributed by atoms with Crippen LogP contribution in [-0.2, 0) is 19.2 Å². The van der Waals surface area contributed by atoms with Crippen molar-refractivity contribution >= 4 is 23.7 Å². The molecule has 9 N–H and O–H groups in total. The van der Waals surface area contributed by atoms with Crippen LogP contribution in [0.15, 0.2) is 0 Å². The van der Waals surface area contributed by atoms with Crippen LogP contribution in [0.2, 0.25) is 0 Å². The van der Waals surface area contributed by atoms with Crippen molar-refractivity contribution < 1.29 is 39.6 Å². The Morgan fingerprint density at radius 3 is 1.69 bits per heavy atom. The molecule has 12 nitrogen and oxygen atoms in total. The zero-order valence-corrected chi connectivity index (χ0v) is 17.0. The highest BCUT2D eigenvalue weighted by Gasteiger charge is 2.32. The first-order valence-electron chi connectivity index (χ1n) is 9.18. The number of carbonyl (C=O) groups excluding carboxylic acids is 3. The Morgan fingerprint density at radius 2 is 1.31 bits per heavy atom. The van der Waals surface area contributed by atoms with E-state index in [1.54, 1.807) is 13.8 Å². The summed E-state index contributed by atoms with van der Waals surface area (Å²) in [7, 11) is 0.